The minimum absolute atomic E-state index is 0.117. The number of ketones is 1. The van der Waals surface area contributed by atoms with Crippen molar-refractivity contribution in [2.24, 2.45) is 22.7 Å². The maximum absolute atomic E-state index is 12.7. The predicted octanol–water partition coefficient (Wildman–Crippen LogP) is 4.38. The molecule has 2 aliphatic rings. The lowest BCUT2D eigenvalue weighted by molar-refractivity contribution is -0.208. The first-order chi connectivity index (χ1) is 10.7. The van der Waals surface area contributed by atoms with Crippen molar-refractivity contribution in [1.82, 2.24) is 0 Å². The van der Waals surface area contributed by atoms with Gasteiger partial charge in [-0.05, 0) is 48.6 Å². The minimum atomic E-state index is -0.929. The highest BCUT2D eigenvalue weighted by molar-refractivity contribution is 5.83. The molecule has 0 radical (unpaired) electrons. The molecule has 1 aromatic heterocycles. The van der Waals surface area contributed by atoms with Gasteiger partial charge in [-0.25, -0.2) is 0 Å². The fourth-order valence-electron chi connectivity index (χ4n) is 5.55. The number of carbonyl (C=O) groups is 1. The van der Waals surface area contributed by atoms with Crippen LogP contribution in [0.15, 0.2) is 23.0 Å². The molecular weight excluding hydrogens is 288 g/mol. The molecule has 2 fully saturated rings. The Bertz CT molecular complexity index is 574. The molecule has 4 atom stereocenters. The minimum Gasteiger partial charge on any atom is -0.472 e. The van der Waals surface area contributed by atoms with Crippen LogP contribution in [-0.2, 0) is 11.2 Å². The van der Waals surface area contributed by atoms with Crippen molar-refractivity contribution >= 4 is 5.78 Å². The molecule has 0 saturated heterocycles. The lowest BCUT2D eigenvalue weighted by Crippen LogP contribution is -2.64. The third kappa shape index (κ3) is 2.48. The molecule has 2 aliphatic carbocycles. The molecule has 23 heavy (non-hydrogen) atoms. The Labute approximate surface area is 139 Å². The number of furan rings is 1. The van der Waals surface area contributed by atoms with Crippen LogP contribution >= 0.6 is 0 Å². The molecule has 1 heterocycles. The van der Waals surface area contributed by atoms with Crippen LogP contribution in [0.4, 0.5) is 0 Å². The molecule has 0 spiro atoms. The van der Waals surface area contributed by atoms with Crippen LogP contribution in [0.5, 0.6) is 0 Å². The normalized spacial score (nSPS) is 40.0. The molecule has 3 rings (SSSR count). The van der Waals surface area contributed by atoms with Crippen molar-refractivity contribution in [2.45, 2.75) is 71.8 Å². The van der Waals surface area contributed by atoms with Gasteiger partial charge in [0.2, 0.25) is 0 Å². The van der Waals surface area contributed by atoms with E-state index in [1.165, 1.54) is 0 Å². The number of aryl methyl sites for hydroxylation is 1. The number of fused-ring (bicyclic) bond motifs is 1. The average molecular weight is 318 g/mol. The summed E-state index contributed by atoms with van der Waals surface area (Å²) in [6.07, 6.45) is 8.71. The third-order valence-electron chi connectivity index (χ3n) is 7.20. The topological polar surface area (TPSA) is 50.4 Å². The summed E-state index contributed by atoms with van der Waals surface area (Å²) in [6, 6.07) is 1.95. The maximum atomic E-state index is 12.7. The van der Waals surface area contributed by atoms with Gasteiger partial charge in [0.25, 0.3) is 0 Å². The molecule has 3 heteroatoms. The van der Waals surface area contributed by atoms with Crippen molar-refractivity contribution < 1.29 is 14.3 Å². The van der Waals surface area contributed by atoms with Crippen LogP contribution in [0.25, 0.3) is 0 Å². The van der Waals surface area contributed by atoms with Crippen LogP contribution < -0.4 is 0 Å². The molecule has 2 saturated carbocycles. The number of Topliss-reactive ketones (excluding diaryl/α,β-unsaturated/α-hetero) is 1. The van der Waals surface area contributed by atoms with E-state index in [0.717, 1.165) is 31.2 Å². The van der Waals surface area contributed by atoms with E-state index >= 15 is 0 Å². The van der Waals surface area contributed by atoms with E-state index in [-0.39, 0.29) is 28.4 Å². The zero-order chi connectivity index (χ0) is 16.9. The summed E-state index contributed by atoms with van der Waals surface area (Å²) >= 11 is 0. The molecular formula is C20H30O3. The Balaban J connectivity index is 1.95. The second-order valence-electron chi connectivity index (χ2n) is 8.76. The smallest absolute Gasteiger partial charge is 0.138 e. The standard InChI is InChI=1S/C20H30O3/c1-14-16(21)12-17-18(2,3)8-5-9-19(17,4)20(14,22)10-6-15-7-11-23-13-15/h7,11,13-14,17,22H,5-6,8-10,12H2,1-4H3/t14-,17?,19+,20-/m1/s1. The number of hydrogen-bond donors (Lipinski definition) is 1. The largest absolute Gasteiger partial charge is 0.472 e. The van der Waals surface area contributed by atoms with E-state index in [4.69, 9.17) is 4.42 Å². The Hall–Kier alpha value is -1.09. The predicted molar refractivity (Wildman–Crippen MR) is 90.0 cm³/mol. The Morgan fingerprint density at radius 3 is 2.70 bits per heavy atom. The Kier molecular flexibility index (Phi) is 3.99. The molecule has 3 nitrogen and oxygen atoms in total. The van der Waals surface area contributed by atoms with E-state index in [0.29, 0.717) is 12.8 Å². The van der Waals surface area contributed by atoms with Crippen molar-refractivity contribution in [3.63, 3.8) is 0 Å². The molecule has 0 aliphatic heterocycles. The van der Waals surface area contributed by atoms with Crippen LogP contribution in [0, 0.1) is 22.7 Å². The molecule has 1 N–H and O–H groups in total. The second kappa shape index (κ2) is 5.47. The van der Waals surface area contributed by atoms with Gasteiger partial charge in [-0.1, -0.05) is 34.1 Å². The number of carbonyl (C=O) groups excluding carboxylic acids is 1. The first-order valence-corrected chi connectivity index (χ1v) is 8.97. The maximum Gasteiger partial charge on any atom is 0.138 e. The average Bonchev–Trinajstić information content (AvgIpc) is 2.99. The van der Waals surface area contributed by atoms with Gasteiger partial charge in [-0.15, -0.1) is 0 Å². The summed E-state index contributed by atoms with van der Waals surface area (Å²) < 4.78 is 5.15. The van der Waals surface area contributed by atoms with Gasteiger partial charge < -0.3 is 9.52 Å². The molecule has 0 aromatic carbocycles. The van der Waals surface area contributed by atoms with Crippen molar-refractivity contribution in [3.8, 4) is 0 Å². The summed E-state index contributed by atoms with van der Waals surface area (Å²) in [4.78, 5) is 12.7. The number of aliphatic hydroxyl groups is 1. The van der Waals surface area contributed by atoms with Crippen molar-refractivity contribution in [3.05, 3.63) is 24.2 Å². The quantitative estimate of drug-likeness (QED) is 0.899. The van der Waals surface area contributed by atoms with E-state index in [1.54, 1.807) is 12.5 Å². The number of hydrogen-bond acceptors (Lipinski definition) is 3. The van der Waals surface area contributed by atoms with Crippen molar-refractivity contribution in [2.75, 3.05) is 0 Å². The highest BCUT2D eigenvalue weighted by atomic mass is 16.3. The van der Waals surface area contributed by atoms with Crippen LogP contribution in [0.2, 0.25) is 0 Å². The highest BCUT2D eigenvalue weighted by Gasteiger charge is 2.63. The summed E-state index contributed by atoms with van der Waals surface area (Å²) in [5.74, 6) is 0.212. The molecule has 128 valence electrons. The number of rotatable bonds is 3. The van der Waals surface area contributed by atoms with E-state index in [9.17, 15) is 9.90 Å². The summed E-state index contributed by atoms with van der Waals surface area (Å²) in [7, 11) is 0. The molecule has 0 amide bonds. The fraction of sp³-hybridized carbons (Fsp3) is 0.750. The lowest BCUT2D eigenvalue weighted by atomic mass is 9.44. The second-order valence-corrected chi connectivity index (χ2v) is 8.76. The zero-order valence-corrected chi connectivity index (χ0v) is 14.9. The van der Waals surface area contributed by atoms with Crippen LogP contribution in [-0.4, -0.2) is 16.5 Å². The highest BCUT2D eigenvalue weighted by Crippen LogP contribution is 2.62. The van der Waals surface area contributed by atoms with Crippen molar-refractivity contribution in [1.29, 1.82) is 0 Å². The third-order valence-corrected chi connectivity index (χ3v) is 7.20. The first kappa shape index (κ1) is 16.8. The molecule has 1 unspecified atom stereocenters. The van der Waals surface area contributed by atoms with Crippen LogP contribution in [0.3, 0.4) is 0 Å². The van der Waals surface area contributed by atoms with Gasteiger partial charge in [-0.2, -0.15) is 0 Å². The van der Waals surface area contributed by atoms with Gasteiger partial charge in [0.1, 0.15) is 5.78 Å². The lowest BCUT2D eigenvalue weighted by Gasteiger charge is -2.62. The zero-order valence-electron chi connectivity index (χ0n) is 14.9. The van der Waals surface area contributed by atoms with Gasteiger partial charge >= 0.3 is 0 Å². The Morgan fingerprint density at radius 1 is 1.30 bits per heavy atom. The van der Waals surface area contributed by atoms with Crippen LogP contribution in [0.1, 0.15) is 65.4 Å². The van der Waals surface area contributed by atoms with E-state index in [1.807, 2.05) is 13.0 Å². The Morgan fingerprint density at radius 2 is 2.04 bits per heavy atom. The van der Waals surface area contributed by atoms with E-state index in [2.05, 4.69) is 20.8 Å². The monoisotopic (exact) mass is 318 g/mol. The van der Waals surface area contributed by atoms with Gasteiger partial charge in [-0.3, -0.25) is 4.79 Å². The molecule has 1 aromatic rings. The van der Waals surface area contributed by atoms with E-state index < -0.39 is 5.60 Å². The fourth-order valence-corrected chi connectivity index (χ4v) is 5.55. The van der Waals surface area contributed by atoms with Gasteiger partial charge in [0, 0.05) is 17.8 Å². The first-order valence-electron chi connectivity index (χ1n) is 8.97. The summed E-state index contributed by atoms with van der Waals surface area (Å²) in [5.41, 5.74) is 0.0964. The summed E-state index contributed by atoms with van der Waals surface area (Å²) in [6.45, 7) is 8.71. The summed E-state index contributed by atoms with van der Waals surface area (Å²) in [5, 5.41) is 11.7. The van der Waals surface area contributed by atoms with Gasteiger partial charge in [0.15, 0.2) is 0 Å². The molecule has 0 bridgehead atoms. The van der Waals surface area contributed by atoms with Gasteiger partial charge in [0.05, 0.1) is 18.1 Å². The SMILES string of the molecule is C[C@@H]1C(=O)CC2C(C)(C)CCC[C@]2(C)[C@@]1(O)CCc1ccoc1.